The normalized spacial score (nSPS) is 14.3. The number of para-hydroxylation sites is 1. The monoisotopic (exact) mass is 571 g/mol. The van der Waals surface area contributed by atoms with Crippen molar-refractivity contribution in [1.82, 2.24) is 20.2 Å². The van der Waals surface area contributed by atoms with Gasteiger partial charge >= 0.3 is 18.3 Å². The highest BCUT2D eigenvalue weighted by Gasteiger charge is 2.36. The Bertz CT molecular complexity index is 1250. The fourth-order valence-electron chi connectivity index (χ4n) is 3.67. The van der Waals surface area contributed by atoms with Crippen LogP contribution < -0.4 is 15.0 Å². The molecule has 8 nitrogen and oxygen atoms in total. The predicted octanol–water partition coefficient (Wildman–Crippen LogP) is 5.16. The second-order valence-corrected chi connectivity index (χ2v) is 8.84. The Hall–Kier alpha value is -3.91. The number of anilines is 1. The topological polar surface area (TPSA) is 90.8 Å². The Balaban J connectivity index is 0.000000232. The Kier molecular flexibility index (Phi) is 9.93. The Morgan fingerprint density at radius 1 is 0.975 bits per heavy atom. The molecule has 0 bridgehead atoms. The summed E-state index contributed by atoms with van der Waals surface area (Å²) in [6.45, 7) is 3.37. The lowest BCUT2D eigenvalue weighted by molar-refractivity contribution is -0.143. The molecule has 0 atom stereocenters. The number of aromatic carboxylic acids is 1. The average molecular weight is 572 g/mol. The molecular weight excluding hydrogens is 544 g/mol. The van der Waals surface area contributed by atoms with Gasteiger partial charge in [0, 0.05) is 32.7 Å². The molecule has 14 heteroatoms. The van der Waals surface area contributed by atoms with Crippen LogP contribution >= 0.6 is 0 Å². The van der Waals surface area contributed by atoms with E-state index in [0.717, 1.165) is 26.2 Å². The number of ether oxygens (including phenoxy) is 1. The first-order valence-corrected chi connectivity index (χ1v) is 12.0. The molecule has 4 rings (SSSR count). The van der Waals surface area contributed by atoms with E-state index in [1.54, 1.807) is 12.1 Å². The highest BCUT2D eigenvalue weighted by Crippen LogP contribution is 2.36. The van der Waals surface area contributed by atoms with Crippen molar-refractivity contribution >= 4 is 11.9 Å². The molecular formula is C26H27F6N5O3. The minimum Gasteiger partial charge on any atom is -0.477 e. The first-order chi connectivity index (χ1) is 18.8. The van der Waals surface area contributed by atoms with Gasteiger partial charge in [0.2, 0.25) is 11.8 Å². The van der Waals surface area contributed by atoms with E-state index in [9.17, 15) is 36.2 Å². The fraction of sp³-hybridized carbons (Fsp3) is 0.346. The molecule has 216 valence electrons. The predicted molar refractivity (Wildman–Crippen MR) is 134 cm³/mol. The Morgan fingerprint density at radius 3 is 2.05 bits per heavy atom. The van der Waals surface area contributed by atoms with Gasteiger partial charge in [-0.2, -0.15) is 31.3 Å². The summed E-state index contributed by atoms with van der Waals surface area (Å²) in [4.78, 5) is 24.1. The van der Waals surface area contributed by atoms with Crippen molar-refractivity contribution < 1.29 is 41.0 Å². The number of aromatic nitrogens is 2. The minimum absolute atomic E-state index is 0.0493. The molecule has 2 aromatic carbocycles. The summed E-state index contributed by atoms with van der Waals surface area (Å²) in [5.41, 5.74) is -2.70. The Labute approximate surface area is 226 Å². The van der Waals surface area contributed by atoms with Crippen LogP contribution in [-0.2, 0) is 18.9 Å². The summed E-state index contributed by atoms with van der Waals surface area (Å²) in [6.07, 6.45) is -8.27. The Morgan fingerprint density at radius 2 is 1.55 bits per heavy atom. The van der Waals surface area contributed by atoms with Crippen LogP contribution in [-0.4, -0.2) is 66.2 Å². The van der Waals surface area contributed by atoms with Crippen molar-refractivity contribution in [3.8, 4) is 11.6 Å². The summed E-state index contributed by atoms with van der Waals surface area (Å²) in [5, 5.41) is 11.8. The van der Waals surface area contributed by atoms with Gasteiger partial charge in [0.05, 0.1) is 17.3 Å². The van der Waals surface area contributed by atoms with Gasteiger partial charge in [0.15, 0.2) is 0 Å². The number of carboxylic acids is 1. The van der Waals surface area contributed by atoms with E-state index in [1.807, 2.05) is 23.1 Å². The summed E-state index contributed by atoms with van der Waals surface area (Å²) < 4.78 is 80.0. The van der Waals surface area contributed by atoms with E-state index in [2.05, 4.69) is 27.2 Å². The van der Waals surface area contributed by atoms with Gasteiger partial charge in [-0.3, -0.25) is 0 Å². The molecule has 0 radical (unpaired) electrons. The molecule has 1 aliphatic heterocycles. The number of carbonyl (C=O) groups is 1. The third-order valence-corrected chi connectivity index (χ3v) is 5.74. The van der Waals surface area contributed by atoms with E-state index in [1.165, 1.54) is 13.2 Å². The molecule has 0 aliphatic carbocycles. The molecule has 1 aliphatic rings. The third-order valence-electron chi connectivity index (χ3n) is 5.74. The molecule has 2 heterocycles. The van der Waals surface area contributed by atoms with Crippen LogP contribution in [0.3, 0.4) is 0 Å². The number of likely N-dealkylation sites (N-methyl/N-ethyl adjacent to an activating group) is 1. The molecule has 40 heavy (non-hydrogen) atoms. The van der Waals surface area contributed by atoms with Crippen molar-refractivity contribution in [1.29, 1.82) is 0 Å². The second kappa shape index (κ2) is 13.0. The van der Waals surface area contributed by atoms with Crippen molar-refractivity contribution in [2.45, 2.75) is 18.9 Å². The van der Waals surface area contributed by atoms with Gasteiger partial charge in [0.1, 0.15) is 11.3 Å². The van der Waals surface area contributed by atoms with Crippen LogP contribution in [0.1, 0.15) is 27.0 Å². The minimum atomic E-state index is -4.79. The molecule has 1 aromatic heterocycles. The number of hydrogen-bond acceptors (Lipinski definition) is 7. The van der Waals surface area contributed by atoms with Gasteiger partial charge in [-0.05, 0) is 50.0 Å². The first kappa shape index (κ1) is 30.6. The lowest BCUT2D eigenvalue weighted by Crippen LogP contribution is -2.45. The highest BCUT2D eigenvalue weighted by atomic mass is 19.4. The highest BCUT2D eigenvalue weighted by molar-refractivity contribution is 5.90. The summed E-state index contributed by atoms with van der Waals surface area (Å²) in [6, 6.07) is 10.5. The van der Waals surface area contributed by atoms with Crippen molar-refractivity contribution in [3.63, 3.8) is 0 Å². The van der Waals surface area contributed by atoms with Gasteiger partial charge in [-0.1, -0.05) is 18.2 Å². The number of benzene rings is 2. The van der Waals surface area contributed by atoms with Crippen LogP contribution in [0.2, 0.25) is 0 Å². The molecule has 3 aromatic rings. The molecule has 0 amide bonds. The zero-order valence-electron chi connectivity index (χ0n) is 21.6. The van der Waals surface area contributed by atoms with Crippen LogP contribution in [0.4, 0.5) is 32.3 Å². The number of carboxylic acid groups (broad SMARTS) is 1. The third kappa shape index (κ3) is 8.55. The van der Waals surface area contributed by atoms with E-state index in [-0.39, 0.29) is 29.6 Å². The lowest BCUT2D eigenvalue weighted by Gasteiger charge is -2.32. The number of nitrogens with zero attached hydrogens (tertiary/aromatic N) is 4. The largest absolute Gasteiger partial charge is 0.477 e. The smallest absolute Gasteiger partial charge is 0.416 e. The summed E-state index contributed by atoms with van der Waals surface area (Å²) in [7, 11) is 3.50. The number of alkyl halides is 6. The van der Waals surface area contributed by atoms with E-state index in [4.69, 9.17) is 4.74 Å². The van der Waals surface area contributed by atoms with Crippen molar-refractivity contribution in [3.05, 3.63) is 77.0 Å². The fourth-order valence-corrected chi connectivity index (χ4v) is 3.67. The molecule has 1 fully saturated rings. The van der Waals surface area contributed by atoms with E-state index >= 15 is 0 Å². The SMILES string of the molecule is CN1CCN(c2ncc(C(=O)O)c(Oc3ccccc3)n2)CC1.CNCc1cc(C(F)(F)F)cc(C(F)(F)F)c1. The number of halogens is 6. The van der Waals surface area contributed by atoms with Crippen LogP contribution in [0.15, 0.2) is 54.7 Å². The summed E-state index contributed by atoms with van der Waals surface area (Å²) in [5.74, 6) is -0.0134. The van der Waals surface area contributed by atoms with Gasteiger partial charge < -0.3 is 25.0 Å². The number of hydrogen-bond donors (Lipinski definition) is 2. The quantitative estimate of drug-likeness (QED) is 0.392. The van der Waals surface area contributed by atoms with E-state index in [0.29, 0.717) is 23.8 Å². The maximum absolute atomic E-state index is 12.4. The maximum Gasteiger partial charge on any atom is 0.416 e. The first-order valence-electron chi connectivity index (χ1n) is 12.0. The summed E-state index contributed by atoms with van der Waals surface area (Å²) >= 11 is 0. The van der Waals surface area contributed by atoms with Gasteiger partial charge in [0.25, 0.3) is 0 Å². The lowest BCUT2D eigenvalue weighted by atomic mass is 10.0. The molecule has 1 saturated heterocycles. The average Bonchev–Trinajstić information content (AvgIpc) is 2.89. The molecule has 0 saturated carbocycles. The number of rotatable bonds is 6. The molecule has 0 unspecified atom stereocenters. The van der Waals surface area contributed by atoms with Crippen LogP contribution in [0.25, 0.3) is 0 Å². The van der Waals surface area contributed by atoms with Crippen LogP contribution in [0, 0.1) is 0 Å². The second-order valence-electron chi connectivity index (χ2n) is 8.84. The number of nitrogens with one attached hydrogen (secondary N) is 1. The molecule has 0 spiro atoms. The number of piperazine rings is 1. The standard InChI is InChI=1S/C16H18N4O3.C10H9F6N/c1-19-7-9-20(10-8-19)16-17-11-13(15(21)22)14(18-16)23-12-5-3-2-4-6-12;1-17-5-6-2-7(9(11,12)13)4-8(3-6)10(14,15)16/h2-6,11H,7-10H2,1H3,(H,21,22);2-4,17H,5H2,1H3. The zero-order chi connectivity index (χ0) is 29.5. The maximum atomic E-state index is 12.4. The van der Waals surface area contributed by atoms with Crippen molar-refractivity contribution in [2.75, 3.05) is 45.2 Å². The zero-order valence-corrected chi connectivity index (χ0v) is 21.6. The molecule has 2 N–H and O–H groups in total. The van der Waals surface area contributed by atoms with Crippen LogP contribution in [0.5, 0.6) is 11.6 Å². The van der Waals surface area contributed by atoms with E-state index < -0.39 is 29.4 Å². The van der Waals surface area contributed by atoms with Crippen molar-refractivity contribution in [2.24, 2.45) is 0 Å². The van der Waals surface area contributed by atoms with Gasteiger partial charge in [-0.15, -0.1) is 0 Å². The van der Waals surface area contributed by atoms with Gasteiger partial charge in [-0.25, -0.2) is 9.78 Å².